The summed E-state index contributed by atoms with van der Waals surface area (Å²) >= 11 is 0. The summed E-state index contributed by atoms with van der Waals surface area (Å²) in [5.74, 6) is 4.98. The fourth-order valence-corrected chi connectivity index (χ4v) is 4.28. The molecule has 0 unspecified atom stereocenters. The van der Waals surface area contributed by atoms with E-state index in [1.807, 2.05) is 11.9 Å². The molecule has 40 heavy (non-hydrogen) atoms. The Hall–Kier alpha value is -4.41. The molecule has 4 heterocycles. The van der Waals surface area contributed by atoms with Crippen LogP contribution in [-0.4, -0.2) is 73.7 Å². The summed E-state index contributed by atoms with van der Waals surface area (Å²) in [6.07, 6.45) is -1.92. The Labute approximate surface area is 226 Å². The van der Waals surface area contributed by atoms with Gasteiger partial charge in [0.05, 0.1) is 22.4 Å². The summed E-state index contributed by atoms with van der Waals surface area (Å²) in [5, 5.41) is 14.5. The Kier molecular flexibility index (Phi) is 7.72. The second-order valence-electron chi connectivity index (χ2n) is 9.32. The Morgan fingerprint density at radius 3 is 2.62 bits per heavy atom. The topological polar surface area (TPSA) is 91.5 Å². The highest BCUT2D eigenvalue weighted by Crippen LogP contribution is 2.34. The molecule has 0 bridgehead atoms. The van der Waals surface area contributed by atoms with Gasteiger partial charge in [-0.05, 0) is 48.9 Å². The van der Waals surface area contributed by atoms with E-state index < -0.39 is 24.3 Å². The van der Waals surface area contributed by atoms with Crippen LogP contribution in [-0.2, 0) is 19.4 Å². The van der Waals surface area contributed by atoms with E-state index in [0.29, 0.717) is 18.7 Å². The molecule has 1 N–H and O–H groups in total. The normalized spacial score (nSPS) is 14.6. The molecule has 4 aromatic rings. The number of piperazine rings is 1. The highest BCUT2D eigenvalue weighted by atomic mass is 19.4. The minimum Gasteiger partial charge on any atom is -0.322 e. The van der Waals surface area contributed by atoms with E-state index in [9.17, 15) is 22.4 Å². The zero-order valence-electron chi connectivity index (χ0n) is 21.4. The Morgan fingerprint density at radius 2 is 1.88 bits per heavy atom. The molecule has 0 radical (unpaired) electrons. The number of rotatable bonds is 5. The first-order chi connectivity index (χ1) is 19.2. The molecule has 1 aliphatic heterocycles. The van der Waals surface area contributed by atoms with E-state index in [2.05, 4.69) is 42.3 Å². The van der Waals surface area contributed by atoms with E-state index in [1.165, 1.54) is 28.9 Å². The maximum Gasteiger partial charge on any atom is 0.416 e. The number of aromatic nitrogens is 5. The Morgan fingerprint density at radius 1 is 1.07 bits per heavy atom. The molecule has 5 rings (SSSR count). The smallest absolute Gasteiger partial charge is 0.322 e. The van der Waals surface area contributed by atoms with E-state index in [0.717, 1.165) is 25.4 Å². The maximum absolute atomic E-state index is 13.9. The fraction of sp³-hybridized carbons (Fsp3) is 0.296. The highest BCUT2D eigenvalue weighted by molar-refractivity contribution is 6.04. The minimum atomic E-state index is -4.60. The average Bonchev–Trinajstić information content (AvgIpc) is 3.36. The van der Waals surface area contributed by atoms with Gasteiger partial charge in [0.25, 0.3) is 5.91 Å². The van der Waals surface area contributed by atoms with Crippen molar-refractivity contribution in [3.63, 3.8) is 0 Å². The molecule has 1 aliphatic rings. The number of anilines is 1. The van der Waals surface area contributed by atoms with Gasteiger partial charge in [0.15, 0.2) is 5.65 Å². The molecule has 0 spiro atoms. The Bertz CT molecular complexity index is 1600. The van der Waals surface area contributed by atoms with E-state index in [1.54, 1.807) is 12.1 Å². The van der Waals surface area contributed by atoms with Crippen LogP contribution in [0.5, 0.6) is 0 Å². The van der Waals surface area contributed by atoms with Crippen LogP contribution in [0.3, 0.4) is 0 Å². The monoisotopic (exact) mass is 552 g/mol. The third-order valence-corrected chi connectivity index (χ3v) is 6.51. The van der Waals surface area contributed by atoms with Crippen LogP contribution in [0.2, 0.25) is 0 Å². The van der Waals surface area contributed by atoms with Gasteiger partial charge < -0.3 is 10.2 Å². The minimum absolute atomic E-state index is 0.000739. The third-order valence-electron chi connectivity index (χ3n) is 6.51. The van der Waals surface area contributed by atoms with Crippen molar-refractivity contribution in [3.8, 4) is 11.8 Å². The second-order valence-corrected chi connectivity index (χ2v) is 9.32. The number of nitrogens with zero attached hydrogens (tertiary/aromatic N) is 7. The van der Waals surface area contributed by atoms with Crippen LogP contribution < -0.4 is 5.32 Å². The standard InChI is InChI=1S/C27H24F4N8O/c1-37-9-11-38(12-10-37)17-19-4-6-21(14-22(19)27(29,30)31)34-26(40)20-13-18(23(15-28)32-16-20)5-7-25-36-35-24-3-2-8-33-39(24)25/h2-4,6,8,13-14,16H,9-12,15,17H2,1H3,(H,34,40). The summed E-state index contributed by atoms with van der Waals surface area (Å²) in [7, 11) is 1.97. The zero-order chi connectivity index (χ0) is 28.3. The fourth-order valence-electron chi connectivity index (χ4n) is 4.28. The average molecular weight is 553 g/mol. The number of fused-ring (bicyclic) bond motifs is 1. The molecule has 1 fully saturated rings. The number of hydrogen-bond acceptors (Lipinski definition) is 7. The van der Waals surface area contributed by atoms with Gasteiger partial charge in [0.1, 0.15) is 6.67 Å². The van der Waals surface area contributed by atoms with Crippen LogP contribution in [0.1, 0.15) is 38.6 Å². The maximum atomic E-state index is 13.9. The van der Waals surface area contributed by atoms with Crippen molar-refractivity contribution in [2.75, 3.05) is 38.5 Å². The van der Waals surface area contributed by atoms with Crippen molar-refractivity contribution in [1.29, 1.82) is 0 Å². The summed E-state index contributed by atoms with van der Waals surface area (Å²) < 4.78 is 56.8. The molecule has 0 atom stereocenters. The molecule has 1 saturated heterocycles. The summed E-state index contributed by atoms with van der Waals surface area (Å²) in [4.78, 5) is 21.0. The first kappa shape index (κ1) is 27.2. The number of amides is 1. The number of likely N-dealkylation sites (N-methyl/N-ethyl adjacent to an activating group) is 1. The number of alkyl halides is 4. The summed E-state index contributed by atoms with van der Waals surface area (Å²) in [5.41, 5.74) is -0.104. The van der Waals surface area contributed by atoms with Gasteiger partial charge >= 0.3 is 6.18 Å². The van der Waals surface area contributed by atoms with Crippen molar-refractivity contribution in [2.45, 2.75) is 19.4 Å². The van der Waals surface area contributed by atoms with Crippen molar-refractivity contribution in [2.24, 2.45) is 0 Å². The van der Waals surface area contributed by atoms with Crippen LogP contribution in [0.4, 0.5) is 23.2 Å². The molecular weight excluding hydrogens is 528 g/mol. The van der Waals surface area contributed by atoms with Crippen LogP contribution in [0.25, 0.3) is 5.65 Å². The van der Waals surface area contributed by atoms with Crippen molar-refractivity contribution in [3.05, 3.63) is 82.6 Å². The van der Waals surface area contributed by atoms with Gasteiger partial charge in [-0.15, -0.1) is 10.2 Å². The number of hydrogen-bond donors (Lipinski definition) is 1. The summed E-state index contributed by atoms with van der Waals surface area (Å²) in [6, 6.07) is 8.45. The SMILES string of the molecule is CN1CCN(Cc2ccc(NC(=O)c3cnc(CF)c(C#Cc4nnc5cccnn45)c3)cc2C(F)(F)F)CC1. The lowest BCUT2D eigenvalue weighted by Gasteiger charge is -2.33. The van der Waals surface area contributed by atoms with Gasteiger partial charge in [-0.25, -0.2) is 4.39 Å². The van der Waals surface area contributed by atoms with Crippen molar-refractivity contribution < 1.29 is 22.4 Å². The third kappa shape index (κ3) is 6.08. The number of carbonyl (C=O) groups is 1. The first-order valence-corrected chi connectivity index (χ1v) is 12.4. The van der Waals surface area contributed by atoms with Crippen LogP contribution in [0, 0.1) is 11.8 Å². The highest BCUT2D eigenvalue weighted by Gasteiger charge is 2.34. The largest absolute Gasteiger partial charge is 0.416 e. The Balaban J connectivity index is 1.37. The van der Waals surface area contributed by atoms with Gasteiger partial charge in [0, 0.05) is 50.8 Å². The molecule has 9 nitrogen and oxygen atoms in total. The molecule has 3 aromatic heterocycles. The molecule has 0 saturated carbocycles. The van der Waals surface area contributed by atoms with Gasteiger partial charge in [-0.3, -0.25) is 14.7 Å². The number of carbonyl (C=O) groups excluding carboxylic acids is 1. The van der Waals surface area contributed by atoms with Gasteiger partial charge in [-0.2, -0.15) is 22.8 Å². The molecule has 1 amide bonds. The number of nitrogens with one attached hydrogen (secondary N) is 1. The lowest BCUT2D eigenvalue weighted by atomic mass is 10.0. The predicted molar refractivity (Wildman–Crippen MR) is 138 cm³/mol. The van der Waals surface area contributed by atoms with Crippen molar-refractivity contribution in [1.82, 2.24) is 34.6 Å². The van der Waals surface area contributed by atoms with Gasteiger partial charge in [-0.1, -0.05) is 12.0 Å². The number of benzene rings is 1. The number of pyridine rings is 1. The summed E-state index contributed by atoms with van der Waals surface area (Å²) in [6.45, 7) is 2.12. The quantitative estimate of drug-likeness (QED) is 0.300. The molecule has 1 aromatic carbocycles. The van der Waals surface area contributed by atoms with E-state index >= 15 is 0 Å². The predicted octanol–water partition coefficient (Wildman–Crippen LogP) is 3.41. The molecular formula is C27H24F4N8O. The first-order valence-electron chi connectivity index (χ1n) is 12.4. The van der Waals surface area contributed by atoms with E-state index in [4.69, 9.17) is 0 Å². The second kappa shape index (κ2) is 11.4. The molecule has 206 valence electrons. The van der Waals surface area contributed by atoms with Crippen molar-refractivity contribution >= 4 is 17.2 Å². The number of halogens is 4. The van der Waals surface area contributed by atoms with Crippen LogP contribution in [0.15, 0.2) is 48.8 Å². The van der Waals surface area contributed by atoms with E-state index in [-0.39, 0.29) is 40.4 Å². The van der Waals surface area contributed by atoms with Gasteiger partial charge in [0.2, 0.25) is 5.82 Å². The lowest BCUT2D eigenvalue weighted by molar-refractivity contribution is -0.138. The van der Waals surface area contributed by atoms with Crippen LogP contribution >= 0.6 is 0 Å². The molecule has 0 aliphatic carbocycles. The lowest BCUT2D eigenvalue weighted by Crippen LogP contribution is -2.44. The molecule has 13 heteroatoms. The zero-order valence-corrected chi connectivity index (χ0v) is 21.4.